The van der Waals surface area contributed by atoms with E-state index in [9.17, 15) is 9.59 Å². The van der Waals surface area contributed by atoms with Crippen LogP contribution in [0, 0.1) is 0 Å². The number of benzene rings is 2. The van der Waals surface area contributed by atoms with Crippen LogP contribution < -0.4 is 15.5 Å². The third-order valence-electron chi connectivity index (χ3n) is 6.81. The summed E-state index contributed by atoms with van der Waals surface area (Å²) >= 11 is 1.33. The van der Waals surface area contributed by atoms with Crippen LogP contribution in [0.25, 0.3) is 0 Å². The second kappa shape index (κ2) is 13.0. The highest BCUT2D eigenvalue weighted by atomic mass is 32.1. The van der Waals surface area contributed by atoms with Crippen LogP contribution in [0.15, 0.2) is 90.4 Å². The van der Waals surface area contributed by atoms with Crippen LogP contribution in [0.1, 0.15) is 29.2 Å². The first kappa shape index (κ1) is 26.4. The van der Waals surface area contributed by atoms with Crippen molar-refractivity contribution in [3.8, 4) is 0 Å². The Labute approximate surface area is 232 Å². The maximum Gasteiger partial charge on any atom is 0.323 e. The van der Waals surface area contributed by atoms with Crippen LogP contribution in [0.5, 0.6) is 0 Å². The molecule has 0 aliphatic carbocycles. The topological polar surface area (TPSA) is 90.5 Å². The van der Waals surface area contributed by atoms with Crippen LogP contribution in [-0.2, 0) is 11.2 Å². The molecule has 1 aliphatic rings. The zero-order chi connectivity index (χ0) is 26.9. The monoisotopic (exact) mass is 540 g/mol. The Kier molecular flexibility index (Phi) is 8.80. The van der Waals surface area contributed by atoms with Crippen LogP contribution in [0.3, 0.4) is 0 Å². The van der Waals surface area contributed by atoms with E-state index in [1.165, 1.54) is 22.5 Å². The molecule has 1 fully saturated rings. The van der Waals surface area contributed by atoms with Crippen LogP contribution in [0.4, 0.5) is 15.7 Å². The molecule has 1 aliphatic heterocycles. The lowest BCUT2D eigenvalue weighted by Crippen LogP contribution is -2.50. The number of carbonyl (C=O) groups excluding carboxylic acids is 2. The van der Waals surface area contributed by atoms with Gasteiger partial charge in [-0.25, -0.2) is 14.8 Å². The van der Waals surface area contributed by atoms with Gasteiger partial charge in [-0.1, -0.05) is 66.7 Å². The number of thiazole rings is 1. The summed E-state index contributed by atoms with van der Waals surface area (Å²) in [5, 5.41) is 8.25. The van der Waals surface area contributed by atoms with Crippen molar-refractivity contribution in [3.63, 3.8) is 0 Å². The molecular weight excluding hydrogens is 508 g/mol. The van der Waals surface area contributed by atoms with Gasteiger partial charge in [0.15, 0.2) is 5.13 Å². The van der Waals surface area contributed by atoms with Crippen molar-refractivity contribution >= 4 is 34.2 Å². The normalized spacial score (nSPS) is 13.4. The van der Waals surface area contributed by atoms with Crippen molar-refractivity contribution < 1.29 is 9.59 Å². The first-order valence-electron chi connectivity index (χ1n) is 13.2. The van der Waals surface area contributed by atoms with Crippen molar-refractivity contribution in [1.82, 2.24) is 20.2 Å². The van der Waals surface area contributed by atoms with Gasteiger partial charge in [0.2, 0.25) is 5.91 Å². The van der Waals surface area contributed by atoms with Crippen LogP contribution >= 0.6 is 11.3 Å². The Bertz CT molecular complexity index is 1300. The number of rotatable bonds is 9. The van der Waals surface area contributed by atoms with Gasteiger partial charge in [-0.05, 0) is 29.7 Å². The van der Waals surface area contributed by atoms with Gasteiger partial charge in [0, 0.05) is 50.2 Å². The molecule has 0 spiro atoms. The van der Waals surface area contributed by atoms with Gasteiger partial charge >= 0.3 is 6.03 Å². The number of nitrogens with one attached hydrogen (secondary N) is 2. The number of hydrogen-bond donors (Lipinski definition) is 2. The molecule has 0 unspecified atom stereocenters. The second-order valence-corrected chi connectivity index (χ2v) is 10.3. The Morgan fingerprint density at radius 3 is 2.18 bits per heavy atom. The van der Waals surface area contributed by atoms with Crippen molar-refractivity contribution in [2.24, 2.45) is 0 Å². The molecule has 9 heteroatoms. The molecule has 8 nitrogen and oxygen atoms in total. The minimum absolute atomic E-state index is 0.0799. The smallest absolute Gasteiger partial charge is 0.323 e. The van der Waals surface area contributed by atoms with Gasteiger partial charge in [0.1, 0.15) is 5.82 Å². The van der Waals surface area contributed by atoms with E-state index in [2.05, 4.69) is 49.8 Å². The van der Waals surface area contributed by atoms with E-state index in [4.69, 9.17) is 0 Å². The Hall–Kier alpha value is -4.24. The third-order valence-corrected chi connectivity index (χ3v) is 7.61. The first-order valence-corrected chi connectivity index (χ1v) is 14.1. The van der Waals surface area contributed by atoms with Crippen LogP contribution in [-0.4, -0.2) is 59.5 Å². The molecule has 39 heavy (non-hydrogen) atoms. The highest BCUT2D eigenvalue weighted by Crippen LogP contribution is 2.27. The SMILES string of the molecule is O=C(Cc1csc(NC(=O)N2CCN(c3ccccn3)CC2)n1)NCCC(c1ccccc1)c1ccccc1. The Morgan fingerprint density at radius 2 is 1.54 bits per heavy atom. The summed E-state index contributed by atoms with van der Waals surface area (Å²) < 4.78 is 0. The number of carbonyl (C=O) groups is 2. The largest absolute Gasteiger partial charge is 0.356 e. The lowest BCUT2D eigenvalue weighted by atomic mass is 9.88. The van der Waals surface area contributed by atoms with Gasteiger partial charge < -0.3 is 15.1 Å². The minimum atomic E-state index is -0.172. The highest BCUT2D eigenvalue weighted by molar-refractivity contribution is 7.13. The first-order chi connectivity index (χ1) is 19.2. The maximum absolute atomic E-state index is 12.7. The van der Waals surface area contributed by atoms with E-state index < -0.39 is 0 Å². The lowest BCUT2D eigenvalue weighted by Gasteiger charge is -2.35. The fourth-order valence-corrected chi connectivity index (χ4v) is 5.47. The summed E-state index contributed by atoms with van der Waals surface area (Å²) in [7, 11) is 0. The fourth-order valence-electron chi connectivity index (χ4n) is 4.77. The molecule has 1 saturated heterocycles. The zero-order valence-corrected chi connectivity index (χ0v) is 22.5. The summed E-state index contributed by atoms with van der Waals surface area (Å²) in [4.78, 5) is 38.2. The van der Waals surface area contributed by atoms with Gasteiger partial charge in [-0.3, -0.25) is 10.1 Å². The van der Waals surface area contributed by atoms with E-state index in [1.807, 2.05) is 60.0 Å². The summed E-state index contributed by atoms with van der Waals surface area (Å²) in [6.45, 7) is 3.23. The predicted octanol–water partition coefficient (Wildman–Crippen LogP) is 4.77. The number of anilines is 2. The number of piperazine rings is 1. The zero-order valence-electron chi connectivity index (χ0n) is 21.7. The molecular formula is C30H32N6O2S. The minimum Gasteiger partial charge on any atom is -0.356 e. The number of aromatic nitrogens is 2. The van der Waals surface area contributed by atoms with E-state index in [1.54, 1.807) is 11.1 Å². The molecule has 3 amide bonds. The van der Waals surface area contributed by atoms with Crippen molar-refractivity contribution in [2.75, 3.05) is 42.9 Å². The van der Waals surface area contributed by atoms with Gasteiger partial charge in [0.25, 0.3) is 0 Å². The van der Waals surface area contributed by atoms with E-state index >= 15 is 0 Å². The molecule has 3 heterocycles. The van der Waals surface area contributed by atoms with Gasteiger partial charge in [-0.15, -0.1) is 11.3 Å². The third kappa shape index (κ3) is 7.20. The van der Waals surface area contributed by atoms with Gasteiger partial charge in [-0.2, -0.15) is 0 Å². The maximum atomic E-state index is 12.7. The molecule has 2 N–H and O–H groups in total. The summed E-state index contributed by atoms with van der Waals surface area (Å²) in [6, 6.07) is 26.4. The lowest BCUT2D eigenvalue weighted by molar-refractivity contribution is -0.120. The predicted molar refractivity (Wildman–Crippen MR) is 155 cm³/mol. The van der Waals surface area contributed by atoms with Crippen molar-refractivity contribution in [2.45, 2.75) is 18.8 Å². The van der Waals surface area contributed by atoms with E-state index in [0.29, 0.717) is 30.5 Å². The molecule has 200 valence electrons. The average Bonchev–Trinajstić information content (AvgIpc) is 3.43. The summed E-state index contributed by atoms with van der Waals surface area (Å²) in [5.41, 5.74) is 3.11. The number of amides is 3. The summed E-state index contributed by atoms with van der Waals surface area (Å²) in [5.74, 6) is 1.05. The fraction of sp³-hybridized carbons (Fsp3) is 0.267. The molecule has 2 aromatic carbocycles. The number of urea groups is 1. The molecule has 5 rings (SSSR count). The average molecular weight is 541 g/mol. The molecule has 0 atom stereocenters. The van der Waals surface area contributed by atoms with Crippen molar-refractivity contribution in [3.05, 3.63) is 107 Å². The Morgan fingerprint density at radius 1 is 0.872 bits per heavy atom. The number of hydrogen-bond acceptors (Lipinski definition) is 6. The second-order valence-electron chi connectivity index (χ2n) is 9.43. The summed E-state index contributed by atoms with van der Waals surface area (Å²) in [6.07, 6.45) is 2.75. The van der Waals surface area contributed by atoms with E-state index in [-0.39, 0.29) is 24.3 Å². The standard InChI is InChI=1S/C30H32N6O2S/c37-28(32-16-14-26(23-9-3-1-4-10-23)24-11-5-2-6-12-24)21-25-22-39-29(33-25)34-30(38)36-19-17-35(18-20-36)27-13-7-8-15-31-27/h1-13,15,22,26H,14,16-21H2,(H,32,37)(H,33,34,38). The van der Waals surface area contributed by atoms with E-state index in [0.717, 1.165) is 25.3 Å². The molecule has 2 aromatic heterocycles. The quantitative estimate of drug-likeness (QED) is 0.319. The van der Waals surface area contributed by atoms with Crippen LogP contribution in [0.2, 0.25) is 0 Å². The Balaban J connectivity index is 1.07. The number of nitrogens with zero attached hydrogens (tertiary/aromatic N) is 4. The molecule has 0 bridgehead atoms. The molecule has 4 aromatic rings. The molecule has 0 radical (unpaired) electrons. The highest BCUT2D eigenvalue weighted by Gasteiger charge is 2.22. The number of pyridine rings is 1. The van der Waals surface area contributed by atoms with Gasteiger partial charge in [0.05, 0.1) is 12.1 Å². The molecule has 0 saturated carbocycles. The van der Waals surface area contributed by atoms with Crippen molar-refractivity contribution in [1.29, 1.82) is 0 Å².